The van der Waals surface area contributed by atoms with Crippen LogP contribution in [0, 0.1) is 0 Å². The predicted molar refractivity (Wildman–Crippen MR) is 162 cm³/mol. The molecule has 0 aliphatic carbocycles. The SMILES string of the molecule is COC(C)(C)c1cc(-c2nn(C(c3ccccc3)(c3ccccc3)c3ccccc3)c3ccc(N)cc23)ccn1. The molecule has 0 aliphatic rings. The fourth-order valence-corrected chi connectivity index (χ4v) is 5.52. The van der Waals surface area contributed by atoms with Gasteiger partial charge in [-0.25, -0.2) is 4.68 Å². The van der Waals surface area contributed by atoms with Crippen molar-refractivity contribution in [2.75, 3.05) is 12.8 Å². The lowest BCUT2D eigenvalue weighted by atomic mass is 9.77. The molecule has 0 unspecified atom stereocenters. The van der Waals surface area contributed by atoms with Gasteiger partial charge in [0.2, 0.25) is 0 Å². The number of ether oxygens (including phenoxy) is 1. The summed E-state index contributed by atoms with van der Waals surface area (Å²) in [6.45, 7) is 4.03. The first-order valence-corrected chi connectivity index (χ1v) is 13.4. The maximum atomic E-state index is 6.37. The predicted octanol–water partition coefficient (Wildman–Crippen LogP) is 7.40. The number of anilines is 1. The third-order valence-corrected chi connectivity index (χ3v) is 7.76. The first-order valence-electron chi connectivity index (χ1n) is 13.4. The zero-order chi connectivity index (χ0) is 27.7. The number of rotatable bonds is 7. The lowest BCUT2D eigenvalue weighted by molar-refractivity contribution is 0.0155. The van der Waals surface area contributed by atoms with Gasteiger partial charge in [-0.3, -0.25) is 4.98 Å². The highest BCUT2D eigenvalue weighted by Crippen LogP contribution is 2.44. The molecular formula is C35H32N4O. The van der Waals surface area contributed by atoms with E-state index in [0.29, 0.717) is 5.69 Å². The van der Waals surface area contributed by atoms with Crippen molar-refractivity contribution in [1.29, 1.82) is 0 Å². The number of nitrogens with zero attached hydrogens (tertiary/aromatic N) is 3. The summed E-state index contributed by atoms with van der Waals surface area (Å²) in [4.78, 5) is 4.62. The molecule has 40 heavy (non-hydrogen) atoms. The van der Waals surface area contributed by atoms with Crippen molar-refractivity contribution in [1.82, 2.24) is 14.8 Å². The first-order chi connectivity index (χ1) is 19.4. The van der Waals surface area contributed by atoms with Crippen molar-refractivity contribution in [3.63, 3.8) is 0 Å². The smallest absolute Gasteiger partial charge is 0.138 e. The minimum Gasteiger partial charge on any atom is -0.399 e. The summed E-state index contributed by atoms with van der Waals surface area (Å²) in [6, 6.07) is 41.8. The molecule has 0 amide bonds. The molecule has 2 heterocycles. The van der Waals surface area contributed by atoms with Gasteiger partial charge in [-0.15, -0.1) is 0 Å². The summed E-state index contributed by atoms with van der Waals surface area (Å²) in [6.07, 6.45) is 1.82. The van der Waals surface area contributed by atoms with Crippen LogP contribution >= 0.6 is 0 Å². The van der Waals surface area contributed by atoms with Gasteiger partial charge in [0.15, 0.2) is 0 Å². The monoisotopic (exact) mass is 524 g/mol. The summed E-state index contributed by atoms with van der Waals surface area (Å²) in [5.74, 6) is 0. The molecule has 6 aromatic rings. The van der Waals surface area contributed by atoms with Gasteiger partial charge in [0, 0.05) is 29.9 Å². The normalized spacial score (nSPS) is 12.1. The maximum absolute atomic E-state index is 6.37. The highest BCUT2D eigenvalue weighted by molar-refractivity contribution is 5.96. The van der Waals surface area contributed by atoms with Gasteiger partial charge >= 0.3 is 0 Å². The Balaban J connectivity index is 1.74. The molecule has 0 saturated heterocycles. The van der Waals surface area contributed by atoms with Crippen LogP contribution in [-0.4, -0.2) is 21.9 Å². The second-order valence-electron chi connectivity index (χ2n) is 10.5. The van der Waals surface area contributed by atoms with Crippen LogP contribution in [0.2, 0.25) is 0 Å². The van der Waals surface area contributed by atoms with Gasteiger partial charge < -0.3 is 10.5 Å². The molecule has 0 saturated carbocycles. The van der Waals surface area contributed by atoms with E-state index in [0.717, 1.165) is 44.5 Å². The molecule has 0 spiro atoms. The van der Waals surface area contributed by atoms with E-state index in [-0.39, 0.29) is 0 Å². The van der Waals surface area contributed by atoms with Crippen LogP contribution in [0.25, 0.3) is 22.2 Å². The number of nitrogen functional groups attached to an aromatic ring is 1. The number of pyridine rings is 1. The number of hydrogen-bond donors (Lipinski definition) is 1. The molecule has 5 heteroatoms. The van der Waals surface area contributed by atoms with E-state index in [4.69, 9.17) is 15.6 Å². The van der Waals surface area contributed by atoms with Crippen molar-refractivity contribution in [3.8, 4) is 11.3 Å². The molecule has 4 aromatic carbocycles. The first kappa shape index (κ1) is 25.5. The van der Waals surface area contributed by atoms with Crippen LogP contribution in [0.4, 0.5) is 5.69 Å². The lowest BCUT2D eigenvalue weighted by Gasteiger charge is -2.37. The van der Waals surface area contributed by atoms with Crippen molar-refractivity contribution in [3.05, 3.63) is 150 Å². The van der Waals surface area contributed by atoms with Crippen LogP contribution in [0.1, 0.15) is 36.2 Å². The maximum Gasteiger partial charge on any atom is 0.138 e. The van der Waals surface area contributed by atoms with Gasteiger partial charge in [-0.2, -0.15) is 5.10 Å². The molecular weight excluding hydrogens is 492 g/mol. The molecule has 2 N–H and O–H groups in total. The Kier molecular flexibility index (Phi) is 6.45. The molecule has 0 bridgehead atoms. The van der Waals surface area contributed by atoms with Crippen LogP contribution in [0.3, 0.4) is 0 Å². The average Bonchev–Trinajstić information content (AvgIpc) is 3.38. The number of fused-ring (bicyclic) bond motifs is 1. The van der Waals surface area contributed by atoms with E-state index in [2.05, 4.69) is 94.6 Å². The quantitative estimate of drug-likeness (QED) is 0.175. The Labute approximate surface area is 234 Å². The third kappa shape index (κ3) is 4.16. The second kappa shape index (κ2) is 10.1. The molecule has 198 valence electrons. The topological polar surface area (TPSA) is 66.0 Å². The van der Waals surface area contributed by atoms with Gasteiger partial charge in [-0.05, 0) is 60.9 Å². The average molecular weight is 525 g/mol. The van der Waals surface area contributed by atoms with Crippen molar-refractivity contribution in [2.24, 2.45) is 0 Å². The van der Waals surface area contributed by atoms with Gasteiger partial charge in [0.05, 0.1) is 11.2 Å². The van der Waals surface area contributed by atoms with Crippen LogP contribution in [-0.2, 0) is 15.9 Å². The van der Waals surface area contributed by atoms with Gasteiger partial charge in [0.1, 0.15) is 16.8 Å². The van der Waals surface area contributed by atoms with E-state index < -0.39 is 11.1 Å². The fourth-order valence-electron chi connectivity index (χ4n) is 5.52. The summed E-state index contributed by atoms with van der Waals surface area (Å²) in [5, 5.41) is 6.42. The summed E-state index contributed by atoms with van der Waals surface area (Å²) >= 11 is 0. The van der Waals surface area contributed by atoms with Crippen molar-refractivity contribution < 1.29 is 4.74 Å². The molecule has 2 aromatic heterocycles. The summed E-state index contributed by atoms with van der Waals surface area (Å²) in [7, 11) is 1.70. The second-order valence-corrected chi connectivity index (χ2v) is 10.5. The molecule has 5 nitrogen and oxygen atoms in total. The Morgan fingerprint density at radius 2 is 1.25 bits per heavy atom. The van der Waals surface area contributed by atoms with Crippen LogP contribution in [0.5, 0.6) is 0 Å². The van der Waals surface area contributed by atoms with Gasteiger partial charge in [-0.1, -0.05) is 91.0 Å². The van der Waals surface area contributed by atoms with E-state index >= 15 is 0 Å². The van der Waals surface area contributed by atoms with E-state index in [9.17, 15) is 0 Å². The minimum atomic E-state index is -0.752. The molecule has 0 aliphatic heterocycles. The number of benzene rings is 4. The Hall–Kier alpha value is -4.74. The number of nitrogens with two attached hydrogens (primary N) is 1. The minimum absolute atomic E-state index is 0.546. The van der Waals surface area contributed by atoms with E-state index in [1.54, 1.807) is 7.11 Å². The van der Waals surface area contributed by atoms with Crippen molar-refractivity contribution >= 4 is 16.6 Å². The highest BCUT2D eigenvalue weighted by Gasteiger charge is 2.41. The zero-order valence-corrected chi connectivity index (χ0v) is 23.0. The Bertz CT molecular complexity index is 1660. The van der Waals surface area contributed by atoms with Gasteiger partial charge in [0.25, 0.3) is 0 Å². The molecule has 0 atom stereocenters. The van der Waals surface area contributed by atoms with Crippen LogP contribution < -0.4 is 5.73 Å². The summed E-state index contributed by atoms with van der Waals surface area (Å²) < 4.78 is 7.91. The van der Waals surface area contributed by atoms with Crippen LogP contribution in [0.15, 0.2) is 128 Å². The highest BCUT2D eigenvalue weighted by atomic mass is 16.5. The molecule has 6 rings (SSSR count). The van der Waals surface area contributed by atoms with Crippen molar-refractivity contribution in [2.45, 2.75) is 25.0 Å². The Morgan fingerprint density at radius 3 is 1.77 bits per heavy atom. The van der Waals surface area contributed by atoms with E-state index in [1.165, 1.54) is 0 Å². The number of aromatic nitrogens is 3. The van der Waals surface area contributed by atoms with E-state index in [1.807, 2.05) is 56.4 Å². The zero-order valence-electron chi connectivity index (χ0n) is 23.0. The standard InChI is InChI=1S/C35H32N4O/c1-34(2,40-3)32-23-25(21-22-37-32)33-30-24-29(36)19-20-31(30)39(38-33)35(26-13-7-4-8-14-26,27-15-9-5-10-16-27)28-17-11-6-12-18-28/h4-24H,36H2,1-3H3. The molecule has 0 fully saturated rings. The lowest BCUT2D eigenvalue weighted by Crippen LogP contribution is -2.38. The largest absolute Gasteiger partial charge is 0.399 e. The Morgan fingerprint density at radius 1 is 0.700 bits per heavy atom. The third-order valence-electron chi connectivity index (χ3n) is 7.76. The molecule has 0 radical (unpaired) electrons. The number of methoxy groups -OCH3 is 1. The number of hydrogen-bond acceptors (Lipinski definition) is 4. The fraction of sp³-hybridized carbons (Fsp3) is 0.143. The summed E-state index contributed by atoms with van der Waals surface area (Å²) in [5.41, 5.74) is 12.7.